The van der Waals surface area contributed by atoms with Crippen LogP contribution in [0.2, 0.25) is 0 Å². The number of halogens is 2. The van der Waals surface area contributed by atoms with Gasteiger partial charge in [0, 0.05) is 12.1 Å². The second kappa shape index (κ2) is 7.53. The minimum absolute atomic E-state index is 0. The Kier molecular flexibility index (Phi) is 6.52. The summed E-state index contributed by atoms with van der Waals surface area (Å²) in [6.45, 7) is 2.42. The molecule has 0 heterocycles. The summed E-state index contributed by atoms with van der Waals surface area (Å²) in [5.74, 6) is 1.41. The van der Waals surface area contributed by atoms with Gasteiger partial charge in [0.2, 0.25) is 0 Å². The summed E-state index contributed by atoms with van der Waals surface area (Å²) in [5.41, 5.74) is 5.98. The lowest BCUT2D eigenvalue weighted by atomic mass is 9.95. The summed E-state index contributed by atoms with van der Waals surface area (Å²) in [7, 11) is 3.10. The van der Waals surface area contributed by atoms with E-state index in [1.54, 1.807) is 26.4 Å². The molecule has 22 heavy (non-hydrogen) atoms. The van der Waals surface area contributed by atoms with Crippen LogP contribution in [-0.4, -0.2) is 32.2 Å². The molecular formula is C15H22BrClN2O3. The van der Waals surface area contributed by atoms with Crippen molar-refractivity contribution in [1.82, 2.24) is 5.32 Å². The first kappa shape index (κ1) is 19.1. The molecule has 0 aromatic heterocycles. The maximum atomic E-state index is 12.5. The van der Waals surface area contributed by atoms with E-state index in [2.05, 4.69) is 21.2 Å². The van der Waals surface area contributed by atoms with E-state index in [4.69, 9.17) is 15.2 Å². The maximum absolute atomic E-state index is 12.5. The lowest BCUT2D eigenvalue weighted by molar-refractivity contribution is 0.0897. The van der Waals surface area contributed by atoms with E-state index in [-0.39, 0.29) is 23.9 Å². The highest BCUT2D eigenvalue weighted by molar-refractivity contribution is 9.10. The highest BCUT2D eigenvalue weighted by Gasteiger charge is 2.41. The SMILES string of the molecule is COc1cc(C(=O)NC(C)(CN)C2CC2)cc(OC)c1Br.Cl. The van der Waals surface area contributed by atoms with Crippen LogP contribution in [0.5, 0.6) is 11.5 Å². The first-order chi connectivity index (χ1) is 9.95. The molecule has 1 saturated carbocycles. The number of nitrogens with one attached hydrogen (secondary N) is 1. The standard InChI is InChI=1S/C15H21BrN2O3.ClH/c1-15(8-17,10-4-5-10)18-14(19)9-6-11(20-2)13(16)12(7-9)21-3;/h6-7,10H,4-5,8,17H2,1-3H3,(H,18,19);1H. The van der Waals surface area contributed by atoms with Gasteiger partial charge in [0.05, 0.1) is 19.8 Å². The van der Waals surface area contributed by atoms with E-state index in [1.807, 2.05) is 6.92 Å². The second-order valence-corrected chi connectivity index (χ2v) is 6.34. The normalized spacial score (nSPS) is 16.2. The first-order valence-electron chi connectivity index (χ1n) is 6.89. The van der Waals surface area contributed by atoms with E-state index < -0.39 is 0 Å². The lowest BCUT2D eigenvalue weighted by Gasteiger charge is -2.29. The predicted octanol–water partition coefficient (Wildman–Crippen LogP) is 2.75. The Bertz CT molecular complexity index is 527. The molecule has 1 aliphatic rings. The summed E-state index contributed by atoms with van der Waals surface area (Å²) < 4.78 is 11.2. The summed E-state index contributed by atoms with van der Waals surface area (Å²) in [5, 5.41) is 3.05. The van der Waals surface area contributed by atoms with Crippen LogP contribution in [0.25, 0.3) is 0 Å². The Morgan fingerprint density at radius 1 is 1.36 bits per heavy atom. The van der Waals surface area contributed by atoms with Gasteiger partial charge in [-0.3, -0.25) is 4.79 Å². The molecule has 1 aliphatic carbocycles. The van der Waals surface area contributed by atoms with Crippen LogP contribution >= 0.6 is 28.3 Å². The fourth-order valence-corrected chi connectivity index (χ4v) is 2.92. The Morgan fingerprint density at radius 3 is 2.23 bits per heavy atom. The van der Waals surface area contributed by atoms with Crippen molar-refractivity contribution in [1.29, 1.82) is 0 Å². The number of amides is 1. The largest absolute Gasteiger partial charge is 0.495 e. The molecule has 7 heteroatoms. The third kappa shape index (κ3) is 3.86. The fourth-order valence-electron chi connectivity index (χ4n) is 2.37. The van der Waals surface area contributed by atoms with E-state index in [9.17, 15) is 4.79 Å². The topological polar surface area (TPSA) is 73.6 Å². The Hall–Kier alpha value is -0.980. The van der Waals surface area contributed by atoms with Gasteiger partial charge in [0.15, 0.2) is 0 Å². The van der Waals surface area contributed by atoms with Gasteiger partial charge in [-0.05, 0) is 53.7 Å². The molecule has 1 aromatic carbocycles. The van der Waals surface area contributed by atoms with Crippen LogP contribution in [0.1, 0.15) is 30.1 Å². The van der Waals surface area contributed by atoms with Gasteiger partial charge < -0.3 is 20.5 Å². The molecule has 1 fully saturated rings. The molecule has 0 radical (unpaired) electrons. The average Bonchev–Trinajstić information content (AvgIpc) is 3.32. The summed E-state index contributed by atoms with van der Waals surface area (Å²) in [6, 6.07) is 3.37. The fraction of sp³-hybridized carbons (Fsp3) is 0.533. The van der Waals surface area contributed by atoms with E-state index in [0.717, 1.165) is 12.8 Å². The summed E-state index contributed by atoms with van der Waals surface area (Å²) in [6.07, 6.45) is 2.22. The number of nitrogens with two attached hydrogens (primary N) is 1. The van der Waals surface area contributed by atoms with Crippen molar-refractivity contribution >= 4 is 34.2 Å². The van der Waals surface area contributed by atoms with Crippen molar-refractivity contribution in [2.24, 2.45) is 11.7 Å². The van der Waals surface area contributed by atoms with Gasteiger partial charge in [-0.25, -0.2) is 0 Å². The molecule has 0 saturated heterocycles. The van der Waals surface area contributed by atoms with Gasteiger partial charge in [-0.2, -0.15) is 0 Å². The Balaban J connectivity index is 0.00000242. The zero-order chi connectivity index (χ0) is 15.6. The first-order valence-corrected chi connectivity index (χ1v) is 7.68. The highest BCUT2D eigenvalue weighted by Crippen LogP contribution is 2.40. The Morgan fingerprint density at radius 2 is 1.86 bits per heavy atom. The average molecular weight is 394 g/mol. The van der Waals surface area contributed by atoms with Crippen LogP contribution in [0.15, 0.2) is 16.6 Å². The predicted molar refractivity (Wildman–Crippen MR) is 92.1 cm³/mol. The zero-order valence-corrected chi connectivity index (χ0v) is 15.3. The highest BCUT2D eigenvalue weighted by atomic mass is 79.9. The van der Waals surface area contributed by atoms with Crippen LogP contribution in [0.3, 0.4) is 0 Å². The zero-order valence-electron chi connectivity index (χ0n) is 12.9. The van der Waals surface area contributed by atoms with Crippen LogP contribution in [0, 0.1) is 5.92 Å². The minimum Gasteiger partial charge on any atom is -0.495 e. The monoisotopic (exact) mass is 392 g/mol. The van der Waals surface area contributed by atoms with E-state index in [1.165, 1.54) is 0 Å². The Labute approximate surface area is 145 Å². The molecule has 3 N–H and O–H groups in total. The van der Waals surface area contributed by atoms with Gasteiger partial charge >= 0.3 is 0 Å². The van der Waals surface area contributed by atoms with Crippen molar-refractivity contribution in [3.8, 4) is 11.5 Å². The molecule has 0 aliphatic heterocycles. The summed E-state index contributed by atoms with van der Waals surface area (Å²) in [4.78, 5) is 12.5. The van der Waals surface area contributed by atoms with E-state index >= 15 is 0 Å². The molecule has 5 nitrogen and oxygen atoms in total. The van der Waals surface area contributed by atoms with Crippen LogP contribution in [-0.2, 0) is 0 Å². The quantitative estimate of drug-likeness (QED) is 0.779. The van der Waals surface area contributed by atoms with Crippen molar-refractivity contribution in [2.45, 2.75) is 25.3 Å². The summed E-state index contributed by atoms with van der Waals surface area (Å²) >= 11 is 3.39. The number of ether oxygens (including phenoxy) is 2. The van der Waals surface area contributed by atoms with Gasteiger partial charge in [-0.1, -0.05) is 0 Å². The van der Waals surface area contributed by atoms with Crippen molar-refractivity contribution in [3.05, 3.63) is 22.2 Å². The number of hydrogen-bond donors (Lipinski definition) is 2. The van der Waals surface area contributed by atoms with Crippen molar-refractivity contribution in [2.75, 3.05) is 20.8 Å². The number of benzene rings is 1. The molecule has 124 valence electrons. The number of carbonyl (C=O) groups is 1. The third-order valence-corrected chi connectivity index (χ3v) is 4.79. The van der Waals surface area contributed by atoms with Gasteiger partial charge in [0.25, 0.3) is 5.91 Å². The molecule has 1 atom stereocenters. The smallest absolute Gasteiger partial charge is 0.252 e. The number of rotatable bonds is 6. The van der Waals surface area contributed by atoms with Gasteiger partial charge in [-0.15, -0.1) is 12.4 Å². The number of methoxy groups -OCH3 is 2. The van der Waals surface area contributed by atoms with Crippen molar-refractivity contribution in [3.63, 3.8) is 0 Å². The number of hydrogen-bond acceptors (Lipinski definition) is 4. The third-order valence-electron chi connectivity index (χ3n) is 4.01. The molecule has 0 bridgehead atoms. The van der Waals surface area contributed by atoms with Crippen LogP contribution < -0.4 is 20.5 Å². The van der Waals surface area contributed by atoms with E-state index in [0.29, 0.717) is 34.0 Å². The molecule has 2 rings (SSSR count). The van der Waals surface area contributed by atoms with Crippen LogP contribution in [0.4, 0.5) is 0 Å². The second-order valence-electron chi connectivity index (χ2n) is 5.54. The molecular weight excluding hydrogens is 372 g/mol. The maximum Gasteiger partial charge on any atom is 0.252 e. The van der Waals surface area contributed by atoms with Gasteiger partial charge in [0.1, 0.15) is 16.0 Å². The molecule has 1 amide bonds. The molecule has 1 aromatic rings. The molecule has 0 spiro atoms. The lowest BCUT2D eigenvalue weighted by Crippen LogP contribution is -2.53. The number of carbonyl (C=O) groups excluding carboxylic acids is 1. The minimum atomic E-state index is -0.357. The molecule has 1 unspecified atom stereocenters. The van der Waals surface area contributed by atoms with Crippen molar-refractivity contribution < 1.29 is 14.3 Å².